The zero-order chi connectivity index (χ0) is 7.28. The van der Waals surface area contributed by atoms with E-state index in [9.17, 15) is 4.79 Å². The number of carbonyl (C=O) groups is 1. The Hall–Kier alpha value is -0.610. The molecule has 0 saturated heterocycles. The molecule has 1 amide bonds. The van der Waals surface area contributed by atoms with Crippen molar-refractivity contribution in [2.24, 2.45) is 0 Å². The van der Waals surface area contributed by atoms with E-state index in [4.69, 9.17) is 5.11 Å². The van der Waals surface area contributed by atoms with Gasteiger partial charge in [0.05, 0.1) is 0 Å². The molecule has 0 heterocycles. The minimum Gasteiger partial charge on any atom is -0.372 e. The summed E-state index contributed by atoms with van der Waals surface area (Å²) in [5.41, 5.74) is 2.65. The summed E-state index contributed by atoms with van der Waals surface area (Å²) in [4.78, 5) is 10.0. The second-order valence-electron chi connectivity index (χ2n) is 1.66. The molecule has 0 aliphatic carbocycles. The van der Waals surface area contributed by atoms with Crippen molar-refractivity contribution in [2.45, 2.75) is 20.1 Å². The smallest absolute Gasteiger partial charge is 0.226 e. The van der Waals surface area contributed by atoms with Gasteiger partial charge in [-0.3, -0.25) is 9.80 Å². The predicted octanol–water partition coefficient (Wildman–Crippen LogP) is -0.692. The van der Waals surface area contributed by atoms with Crippen LogP contribution in [0.25, 0.3) is 0 Å². The Balaban J connectivity index is 3.54. The molecule has 0 spiro atoms. The first-order valence-electron chi connectivity index (χ1n) is 2.87. The van der Waals surface area contributed by atoms with Crippen LogP contribution in [0, 0.1) is 0 Å². The van der Waals surface area contributed by atoms with E-state index in [1.807, 2.05) is 6.92 Å². The lowest BCUT2D eigenvalue weighted by atomic mass is 10.6. The highest BCUT2D eigenvalue weighted by molar-refractivity contribution is 5.46. The molecule has 9 heavy (non-hydrogen) atoms. The molecule has 0 fully saturated rings. The molecule has 54 valence electrons. The van der Waals surface area contributed by atoms with Gasteiger partial charge in [-0.2, -0.15) is 0 Å². The van der Waals surface area contributed by atoms with E-state index in [0.29, 0.717) is 13.0 Å². The van der Waals surface area contributed by atoms with Gasteiger partial charge in [-0.05, 0) is 6.92 Å². The zero-order valence-electron chi connectivity index (χ0n) is 5.66. The Bertz CT molecular complexity index is 85.0. The summed E-state index contributed by atoms with van der Waals surface area (Å²) in [6.07, 6.45) is -0.212. The maximum absolute atomic E-state index is 10.0. The zero-order valence-corrected chi connectivity index (χ0v) is 5.66. The van der Waals surface area contributed by atoms with Gasteiger partial charge in [-0.25, -0.2) is 5.43 Å². The molecular weight excluding hydrogens is 120 g/mol. The van der Waals surface area contributed by atoms with Crippen molar-refractivity contribution in [1.29, 1.82) is 0 Å². The average molecular weight is 132 g/mol. The fourth-order valence-electron chi connectivity index (χ4n) is 0.440. The van der Waals surface area contributed by atoms with E-state index in [1.54, 1.807) is 0 Å². The van der Waals surface area contributed by atoms with Gasteiger partial charge in [0.25, 0.3) is 0 Å². The quantitative estimate of drug-likeness (QED) is 0.302. The number of carbonyl (C=O) groups excluding carboxylic acids is 1. The molecule has 1 unspecified atom stereocenters. The number of hydrogen-bond acceptors (Lipinski definition) is 3. The molecule has 0 aromatic carbocycles. The lowest BCUT2D eigenvalue weighted by Gasteiger charge is -2.19. The Morgan fingerprint density at radius 3 is 2.56 bits per heavy atom. The summed E-state index contributed by atoms with van der Waals surface area (Å²) in [6, 6.07) is 0. The highest BCUT2D eigenvalue weighted by Gasteiger charge is 2.03. The third-order valence-corrected chi connectivity index (χ3v) is 0.857. The van der Waals surface area contributed by atoms with Gasteiger partial charge >= 0.3 is 0 Å². The molecule has 0 aliphatic heterocycles. The topological polar surface area (TPSA) is 52.6 Å². The van der Waals surface area contributed by atoms with Crippen molar-refractivity contribution in [3.63, 3.8) is 0 Å². The van der Waals surface area contributed by atoms with Crippen LogP contribution in [0.2, 0.25) is 0 Å². The highest BCUT2D eigenvalue weighted by atomic mass is 16.3. The second-order valence-corrected chi connectivity index (χ2v) is 1.66. The standard InChI is InChI=1S/C5H12N2O2/c1-3-6-7(4-8)5(2)9/h4-6,9H,3H2,1-2H3. The molecule has 0 aliphatic rings. The Kier molecular flexibility index (Phi) is 4.00. The third kappa shape index (κ3) is 3.05. The van der Waals surface area contributed by atoms with Crippen LogP contribution in [0.15, 0.2) is 0 Å². The van der Waals surface area contributed by atoms with Crippen molar-refractivity contribution in [3.05, 3.63) is 0 Å². The molecule has 0 saturated carbocycles. The minimum atomic E-state index is -0.762. The fourth-order valence-corrected chi connectivity index (χ4v) is 0.440. The molecule has 4 nitrogen and oxygen atoms in total. The van der Waals surface area contributed by atoms with Crippen molar-refractivity contribution in [3.8, 4) is 0 Å². The summed E-state index contributed by atoms with van der Waals surface area (Å²) in [6.45, 7) is 3.99. The Labute approximate surface area is 54.4 Å². The van der Waals surface area contributed by atoms with Gasteiger partial charge in [0, 0.05) is 6.54 Å². The van der Waals surface area contributed by atoms with E-state index in [2.05, 4.69) is 5.43 Å². The van der Waals surface area contributed by atoms with Crippen LogP contribution in [-0.2, 0) is 4.79 Å². The SMILES string of the molecule is CCNN(C=O)C(C)O. The summed E-state index contributed by atoms with van der Waals surface area (Å²) < 4.78 is 0. The summed E-state index contributed by atoms with van der Waals surface area (Å²) in [5, 5.41) is 9.87. The minimum absolute atomic E-state index is 0.550. The number of aliphatic hydroxyl groups excluding tert-OH is 1. The number of nitrogens with zero attached hydrogens (tertiary/aromatic N) is 1. The van der Waals surface area contributed by atoms with Crippen molar-refractivity contribution >= 4 is 6.41 Å². The van der Waals surface area contributed by atoms with E-state index in [-0.39, 0.29) is 0 Å². The summed E-state index contributed by atoms with van der Waals surface area (Å²) in [7, 11) is 0. The number of amides is 1. The van der Waals surface area contributed by atoms with Crippen LogP contribution in [-0.4, -0.2) is 29.3 Å². The Morgan fingerprint density at radius 1 is 1.89 bits per heavy atom. The summed E-state index contributed by atoms with van der Waals surface area (Å²) in [5.74, 6) is 0. The van der Waals surface area contributed by atoms with Crippen LogP contribution in [0.5, 0.6) is 0 Å². The number of nitrogens with one attached hydrogen (secondary N) is 1. The normalized spacial score (nSPS) is 12.8. The predicted molar refractivity (Wildman–Crippen MR) is 33.3 cm³/mol. The van der Waals surface area contributed by atoms with Gasteiger partial charge in [0.2, 0.25) is 6.41 Å². The largest absolute Gasteiger partial charge is 0.372 e. The molecule has 0 rings (SSSR count). The van der Waals surface area contributed by atoms with E-state index in [1.165, 1.54) is 6.92 Å². The molecule has 0 radical (unpaired) electrons. The van der Waals surface area contributed by atoms with Crippen LogP contribution < -0.4 is 5.43 Å². The second kappa shape index (κ2) is 4.29. The van der Waals surface area contributed by atoms with Gasteiger partial charge in [0.15, 0.2) is 0 Å². The Morgan fingerprint density at radius 2 is 2.44 bits per heavy atom. The number of hydrogen-bond donors (Lipinski definition) is 2. The number of rotatable bonds is 4. The van der Waals surface area contributed by atoms with E-state index >= 15 is 0 Å². The van der Waals surface area contributed by atoms with Crippen molar-refractivity contribution < 1.29 is 9.90 Å². The van der Waals surface area contributed by atoms with Crippen LogP contribution in [0.1, 0.15) is 13.8 Å². The summed E-state index contributed by atoms with van der Waals surface area (Å²) >= 11 is 0. The maximum Gasteiger partial charge on any atom is 0.226 e. The highest BCUT2D eigenvalue weighted by Crippen LogP contribution is 1.82. The van der Waals surface area contributed by atoms with Crippen molar-refractivity contribution in [2.75, 3.05) is 6.54 Å². The maximum atomic E-state index is 10.0. The van der Waals surface area contributed by atoms with E-state index < -0.39 is 6.23 Å². The third-order valence-electron chi connectivity index (χ3n) is 0.857. The molecular formula is C5H12N2O2. The number of aliphatic hydroxyl groups is 1. The molecule has 1 atom stereocenters. The van der Waals surface area contributed by atoms with Crippen LogP contribution >= 0.6 is 0 Å². The molecule has 2 N–H and O–H groups in total. The first kappa shape index (κ1) is 8.39. The first-order valence-corrected chi connectivity index (χ1v) is 2.87. The fraction of sp³-hybridized carbons (Fsp3) is 0.800. The van der Waals surface area contributed by atoms with Crippen molar-refractivity contribution in [1.82, 2.24) is 10.4 Å². The monoisotopic (exact) mass is 132 g/mol. The molecule has 0 bridgehead atoms. The first-order chi connectivity index (χ1) is 4.22. The van der Waals surface area contributed by atoms with Gasteiger partial charge < -0.3 is 5.11 Å². The lowest BCUT2D eigenvalue weighted by molar-refractivity contribution is -0.131. The average Bonchev–Trinajstić information content (AvgIpc) is 1.82. The molecule has 0 aromatic heterocycles. The molecule has 4 heteroatoms. The van der Waals surface area contributed by atoms with Gasteiger partial charge in [-0.15, -0.1) is 0 Å². The number of hydrazine groups is 1. The van der Waals surface area contributed by atoms with Crippen LogP contribution in [0.3, 0.4) is 0 Å². The molecule has 0 aromatic rings. The van der Waals surface area contributed by atoms with Gasteiger partial charge in [0.1, 0.15) is 6.23 Å². The lowest BCUT2D eigenvalue weighted by Crippen LogP contribution is -2.42. The van der Waals surface area contributed by atoms with Crippen LogP contribution in [0.4, 0.5) is 0 Å². The van der Waals surface area contributed by atoms with E-state index in [0.717, 1.165) is 5.01 Å². The van der Waals surface area contributed by atoms with Gasteiger partial charge in [-0.1, -0.05) is 6.92 Å².